The highest BCUT2D eigenvalue weighted by Crippen LogP contribution is 2.17. The Morgan fingerprint density at radius 3 is 3.08 bits per heavy atom. The Hall–Kier alpha value is -0.850. The summed E-state index contributed by atoms with van der Waals surface area (Å²) in [4.78, 5) is 11.3. The van der Waals surface area contributed by atoms with Crippen LogP contribution in [0.3, 0.4) is 0 Å². The van der Waals surface area contributed by atoms with E-state index in [1.807, 2.05) is 0 Å². The molecule has 0 saturated carbocycles. The molecule has 0 aliphatic rings. The minimum absolute atomic E-state index is 0.848. The monoisotopic (exact) mass is 180 g/mol. The SMILES string of the molecule is Cc1ccsc1CCCC=C=O. The van der Waals surface area contributed by atoms with Gasteiger partial charge in [-0.3, -0.25) is 0 Å². The lowest BCUT2D eigenvalue weighted by molar-refractivity contribution is 0.567. The molecule has 0 aliphatic carbocycles. The molecule has 0 atom stereocenters. The number of carbonyl (C=O) groups excluding carboxylic acids is 1. The van der Waals surface area contributed by atoms with E-state index in [-0.39, 0.29) is 0 Å². The smallest absolute Gasteiger partial charge is 0.120 e. The Balaban J connectivity index is 2.33. The molecule has 12 heavy (non-hydrogen) atoms. The van der Waals surface area contributed by atoms with E-state index >= 15 is 0 Å². The number of rotatable bonds is 4. The van der Waals surface area contributed by atoms with E-state index in [0.717, 1.165) is 19.3 Å². The van der Waals surface area contributed by atoms with Crippen LogP contribution < -0.4 is 0 Å². The highest BCUT2D eigenvalue weighted by Gasteiger charge is 1.97. The maximum atomic E-state index is 9.86. The lowest BCUT2D eigenvalue weighted by Crippen LogP contribution is -1.82. The first-order valence-corrected chi connectivity index (χ1v) is 4.95. The number of unbranched alkanes of at least 4 members (excludes halogenated alkanes) is 1. The van der Waals surface area contributed by atoms with Gasteiger partial charge in [-0.15, -0.1) is 11.3 Å². The van der Waals surface area contributed by atoms with Gasteiger partial charge >= 0.3 is 0 Å². The minimum atomic E-state index is 0.848. The Morgan fingerprint density at radius 1 is 1.67 bits per heavy atom. The average Bonchev–Trinajstić information content (AvgIpc) is 2.46. The van der Waals surface area contributed by atoms with E-state index in [0.29, 0.717) is 0 Å². The van der Waals surface area contributed by atoms with Crippen molar-refractivity contribution in [3.8, 4) is 0 Å². The summed E-state index contributed by atoms with van der Waals surface area (Å²) >= 11 is 1.80. The third-order valence-corrected chi connectivity index (χ3v) is 2.89. The van der Waals surface area contributed by atoms with Gasteiger partial charge in [0.1, 0.15) is 5.94 Å². The van der Waals surface area contributed by atoms with Crippen LogP contribution in [0.1, 0.15) is 23.3 Å². The maximum absolute atomic E-state index is 9.86. The summed E-state index contributed by atoms with van der Waals surface area (Å²) in [5, 5.41) is 2.11. The summed E-state index contributed by atoms with van der Waals surface area (Å²) in [6, 6.07) is 2.13. The van der Waals surface area contributed by atoms with Crippen LogP contribution in [-0.2, 0) is 11.2 Å². The number of aryl methyl sites for hydroxylation is 2. The molecule has 0 unspecified atom stereocenters. The third-order valence-electron chi connectivity index (χ3n) is 1.80. The van der Waals surface area contributed by atoms with Crippen molar-refractivity contribution in [2.75, 3.05) is 0 Å². The van der Waals surface area contributed by atoms with Gasteiger partial charge < -0.3 is 0 Å². The van der Waals surface area contributed by atoms with Crippen molar-refractivity contribution in [3.05, 3.63) is 28.0 Å². The summed E-state index contributed by atoms with van der Waals surface area (Å²) < 4.78 is 0. The molecule has 2 heteroatoms. The van der Waals surface area contributed by atoms with Gasteiger partial charge in [0.2, 0.25) is 0 Å². The van der Waals surface area contributed by atoms with Gasteiger partial charge in [-0.1, -0.05) is 0 Å². The van der Waals surface area contributed by atoms with Gasteiger partial charge in [-0.05, 0) is 49.3 Å². The standard InChI is InChI=1S/C10H12OS/c1-9-6-8-12-10(9)5-3-2-4-7-11/h4,6,8H,2-3,5H2,1H3. The molecule has 0 aromatic carbocycles. The highest BCUT2D eigenvalue weighted by molar-refractivity contribution is 7.10. The van der Waals surface area contributed by atoms with Crippen LogP contribution in [0.2, 0.25) is 0 Å². The molecular formula is C10H12OS. The van der Waals surface area contributed by atoms with Crippen molar-refractivity contribution in [2.24, 2.45) is 0 Å². The first kappa shape index (κ1) is 9.24. The molecule has 1 nitrogen and oxygen atoms in total. The number of thiophene rings is 1. The summed E-state index contributed by atoms with van der Waals surface area (Å²) in [6.07, 6.45) is 4.54. The van der Waals surface area contributed by atoms with Crippen molar-refractivity contribution >= 4 is 17.3 Å². The largest absolute Gasteiger partial charge is 0.234 e. The van der Waals surface area contributed by atoms with Crippen LogP contribution in [-0.4, -0.2) is 5.94 Å². The normalized spacial score (nSPS) is 9.42. The molecule has 0 N–H and O–H groups in total. The van der Waals surface area contributed by atoms with E-state index in [4.69, 9.17) is 0 Å². The van der Waals surface area contributed by atoms with Crippen molar-refractivity contribution in [1.82, 2.24) is 0 Å². The molecule has 1 aromatic rings. The van der Waals surface area contributed by atoms with Gasteiger partial charge in [0.15, 0.2) is 0 Å². The van der Waals surface area contributed by atoms with Crippen LogP contribution in [0.4, 0.5) is 0 Å². The first-order valence-electron chi connectivity index (χ1n) is 4.07. The molecule has 0 spiro atoms. The van der Waals surface area contributed by atoms with Crippen molar-refractivity contribution in [2.45, 2.75) is 26.2 Å². The fourth-order valence-electron chi connectivity index (χ4n) is 1.08. The molecular weight excluding hydrogens is 168 g/mol. The maximum Gasteiger partial charge on any atom is 0.120 e. The Kier molecular flexibility index (Phi) is 3.78. The summed E-state index contributed by atoms with van der Waals surface area (Å²) in [5.74, 6) is 1.79. The molecule has 1 aromatic heterocycles. The van der Waals surface area contributed by atoms with Gasteiger partial charge in [-0.25, -0.2) is 4.79 Å². The molecule has 0 aliphatic heterocycles. The molecule has 1 rings (SSSR count). The Labute approximate surface area is 76.7 Å². The second-order valence-corrected chi connectivity index (χ2v) is 3.74. The van der Waals surface area contributed by atoms with Crippen LogP contribution >= 0.6 is 11.3 Å². The third kappa shape index (κ3) is 2.65. The predicted molar refractivity (Wildman–Crippen MR) is 52.3 cm³/mol. The van der Waals surface area contributed by atoms with E-state index in [9.17, 15) is 4.79 Å². The fourth-order valence-corrected chi connectivity index (χ4v) is 2.04. The van der Waals surface area contributed by atoms with Crippen molar-refractivity contribution in [1.29, 1.82) is 0 Å². The molecule has 1 heterocycles. The zero-order valence-corrected chi connectivity index (χ0v) is 7.99. The average molecular weight is 180 g/mol. The zero-order valence-electron chi connectivity index (χ0n) is 7.17. The van der Waals surface area contributed by atoms with E-state index in [2.05, 4.69) is 18.4 Å². The summed E-state index contributed by atoms with van der Waals surface area (Å²) in [7, 11) is 0. The molecule has 0 amide bonds. The lowest BCUT2D eigenvalue weighted by atomic mass is 10.1. The fraction of sp³-hybridized carbons (Fsp3) is 0.400. The Morgan fingerprint density at radius 2 is 2.50 bits per heavy atom. The van der Waals surface area contributed by atoms with Crippen molar-refractivity contribution in [3.63, 3.8) is 0 Å². The number of hydrogen-bond donors (Lipinski definition) is 0. The molecule has 0 fully saturated rings. The topological polar surface area (TPSA) is 17.1 Å². The lowest BCUT2D eigenvalue weighted by Gasteiger charge is -1.95. The predicted octanol–water partition coefficient (Wildman–Crippen LogP) is 2.77. The first-order chi connectivity index (χ1) is 5.84. The van der Waals surface area contributed by atoms with E-state index in [1.54, 1.807) is 23.4 Å². The Bertz CT molecular complexity index is 282. The molecule has 0 saturated heterocycles. The van der Waals surface area contributed by atoms with E-state index < -0.39 is 0 Å². The molecule has 0 radical (unpaired) electrons. The van der Waals surface area contributed by atoms with Gasteiger partial charge in [-0.2, -0.15) is 0 Å². The second-order valence-electron chi connectivity index (χ2n) is 2.74. The summed E-state index contributed by atoms with van der Waals surface area (Å²) in [6.45, 7) is 2.13. The van der Waals surface area contributed by atoms with Crippen molar-refractivity contribution < 1.29 is 4.79 Å². The second kappa shape index (κ2) is 4.91. The number of hydrogen-bond acceptors (Lipinski definition) is 2. The number of allylic oxidation sites excluding steroid dienone is 1. The van der Waals surface area contributed by atoms with Gasteiger partial charge in [0.05, 0.1) is 0 Å². The van der Waals surface area contributed by atoms with Gasteiger partial charge in [0, 0.05) is 4.88 Å². The summed E-state index contributed by atoms with van der Waals surface area (Å²) in [5.41, 5.74) is 1.37. The highest BCUT2D eigenvalue weighted by atomic mass is 32.1. The van der Waals surface area contributed by atoms with Crippen LogP contribution in [0.15, 0.2) is 17.5 Å². The van der Waals surface area contributed by atoms with Crippen LogP contribution in [0, 0.1) is 6.92 Å². The molecule has 0 bridgehead atoms. The minimum Gasteiger partial charge on any atom is -0.234 e. The van der Waals surface area contributed by atoms with Crippen LogP contribution in [0.25, 0.3) is 0 Å². The zero-order chi connectivity index (χ0) is 8.81. The molecule has 64 valence electrons. The van der Waals surface area contributed by atoms with Crippen LogP contribution in [0.5, 0.6) is 0 Å². The van der Waals surface area contributed by atoms with E-state index in [1.165, 1.54) is 10.4 Å². The quantitative estimate of drug-likeness (QED) is 0.514. The van der Waals surface area contributed by atoms with Gasteiger partial charge in [0.25, 0.3) is 0 Å².